The van der Waals surface area contributed by atoms with Gasteiger partial charge in [-0.25, -0.2) is 0 Å². The quantitative estimate of drug-likeness (QED) is 0.673. The Bertz CT molecular complexity index is 889. The fraction of sp³-hybridized carbons (Fsp3) is 0.421. The fourth-order valence-electron chi connectivity index (χ4n) is 3.34. The molecule has 1 atom stereocenters. The molecule has 1 aromatic carbocycles. The van der Waals surface area contributed by atoms with Crippen LogP contribution in [0.1, 0.15) is 47.9 Å². The number of fused-ring (bicyclic) bond motifs is 1. The van der Waals surface area contributed by atoms with Crippen molar-refractivity contribution in [3.63, 3.8) is 0 Å². The van der Waals surface area contributed by atoms with E-state index in [1.165, 1.54) is 17.3 Å². The van der Waals surface area contributed by atoms with Gasteiger partial charge in [-0.05, 0) is 31.4 Å². The molecule has 0 saturated heterocycles. The van der Waals surface area contributed by atoms with Crippen LogP contribution in [0.5, 0.6) is 0 Å². The Labute approximate surface area is 151 Å². The van der Waals surface area contributed by atoms with Crippen LogP contribution in [-0.2, 0) is 11.8 Å². The minimum Gasteiger partial charge on any atom is -0.312 e. The maximum Gasteiger partial charge on any atom is 0.279 e. The van der Waals surface area contributed by atoms with E-state index in [0.717, 1.165) is 23.3 Å². The average molecular weight is 357 g/mol. The molecule has 1 aliphatic heterocycles. The van der Waals surface area contributed by atoms with E-state index in [1.807, 2.05) is 37.6 Å². The Balaban J connectivity index is 2.16. The molecule has 25 heavy (non-hydrogen) atoms. The average Bonchev–Trinajstić information content (AvgIpc) is 2.56. The van der Waals surface area contributed by atoms with Gasteiger partial charge in [0, 0.05) is 25.1 Å². The lowest BCUT2D eigenvalue weighted by Gasteiger charge is -2.28. The molecule has 132 valence electrons. The van der Waals surface area contributed by atoms with Crippen molar-refractivity contribution in [3.8, 4) is 0 Å². The van der Waals surface area contributed by atoms with Crippen molar-refractivity contribution in [2.24, 2.45) is 7.05 Å². The number of benzene rings is 1. The normalized spacial score (nSPS) is 16.5. The Hall–Kier alpha value is -2.08. The van der Waals surface area contributed by atoms with Crippen molar-refractivity contribution in [2.45, 2.75) is 44.7 Å². The predicted octanol–water partition coefficient (Wildman–Crippen LogP) is 3.37. The molecular formula is C19H23N3O2S. The molecule has 1 N–H and O–H groups in total. The van der Waals surface area contributed by atoms with Gasteiger partial charge in [0.25, 0.3) is 5.56 Å². The number of thioether (sulfide) groups is 1. The molecule has 0 spiro atoms. The third-order valence-corrected chi connectivity index (χ3v) is 5.77. The van der Waals surface area contributed by atoms with Crippen molar-refractivity contribution in [3.05, 3.63) is 50.8 Å². The third-order valence-electron chi connectivity index (χ3n) is 4.54. The van der Waals surface area contributed by atoms with Crippen molar-refractivity contribution in [1.29, 1.82) is 0 Å². The summed E-state index contributed by atoms with van der Waals surface area (Å²) in [6, 6.07) is 6.14. The standard InChI is InChI=1S/C19H23N3O2S/c1-5-8-25-19-21-18(24)16-14(10-15(23)20-17(16)22(19)4)13-7-6-11(2)9-12(13)3/h6-7,9,14H,5,8,10H2,1-4H3,(H,20,23)/t14-/m0/s1. The van der Waals surface area contributed by atoms with Crippen LogP contribution in [0.2, 0.25) is 0 Å². The molecule has 1 aliphatic rings. The number of hydrogen-bond acceptors (Lipinski definition) is 4. The number of nitrogens with one attached hydrogen (secondary N) is 1. The van der Waals surface area contributed by atoms with Crippen LogP contribution in [0, 0.1) is 13.8 Å². The zero-order valence-electron chi connectivity index (χ0n) is 15.0. The second-order valence-electron chi connectivity index (χ2n) is 6.53. The molecular weight excluding hydrogens is 334 g/mol. The van der Waals surface area contributed by atoms with Gasteiger partial charge in [0.05, 0.1) is 5.56 Å². The minimum atomic E-state index is -0.249. The summed E-state index contributed by atoms with van der Waals surface area (Å²) < 4.78 is 1.84. The first-order valence-corrected chi connectivity index (χ1v) is 9.51. The van der Waals surface area contributed by atoms with E-state index in [9.17, 15) is 9.59 Å². The number of anilines is 1. The molecule has 2 heterocycles. The van der Waals surface area contributed by atoms with Crippen molar-refractivity contribution < 1.29 is 4.79 Å². The lowest BCUT2D eigenvalue weighted by atomic mass is 9.84. The van der Waals surface area contributed by atoms with Gasteiger partial charge in [-0.2, -0.15) is 4.98 Å². The van der Waals surface area contributed by atoms with Gasteiger partial charge < -0.3 is 9.88 Å². The molecule has 0 fully saturated rings. The van der Waals surface area contributed by atoms with Gasteiger partial charge >= 0.3 is 0 Å². The van der Waals surface area contributed by atoms with Crippen LogP contribution in [-0.4, -0.2) is 21.2 Å². The third kappa shape index (κ3) is 3.35. The van der Waals surface area contributed by atoms with Gasteiger partial charge in [0.1, 0.15) is 5.82 Å². The lowest BCUT2D eigenvalue weighted by molar-refractivity contribution is -0.116. The first-order valence-electron chi connectivity index (χ1n) is 8.53. The first-order chi connectivity index (χ1) is 11.9. The summed E-state index contributed by atoms with van der Waals surface area (Å²) in [7, 11) is 1.86. The zero-order chi connectivity index (χ0) is 18.1. The molecule has 3 rings (SSSR count). The second kappa shape index (κ2) is 7.04. The topological polar surface area (TPSA) is 64.0 Å². The van der Waals surface area contributed by atoms with Crippen LogP contribution in [0.25, 0.3) is 0 Å². The SMILES string of the molecule is CCCSc1nc(=O)c2c(n1C)NC(=O)C[C@H]2c1ccc(C)cc1C. The molecule has 6 heteroatoms. The van der Waals surface area contributed by atoms with Crippen LogP contribution < -0.4 is 10.9 Å². The van der Waals surface area contributed by atoms with E-state index in [0.29, 0.717) is 16.5 Å². The second-order valence-corrected chi connectivity index (χ2v) is 7.60. The zero-order valence-corrected chi connectivity index (χ0v) is 15.9. The molecule has 0 aliphatic carbocycles. The smallest absolute Gasteiger partial charge is 0.279 e. The highest BCUT2D eigenvalue weighted by Gasteiger charge is 2.32. The van der Waals surface area contributed by atoms with Crippen LogP contribution in [0.3, 0.4) is 0 Å². The number of aromatic nitrogens is 2. The largest absolute Gasteiger partial charge is 0.312 e. The van der Waals surface area contributed by atoms with Crippen molar-refractivity contribution in [2.75, 3.05) is 11.1 Å². The maximum atomic E-state index is 12.8. The van der Waals surface area contributed by atoms with Crippen LogP contribution in [0.4, 0.5) is 5.82 Å². The van der Waals surface area contributed by atoms with Gasteiger partial charge in [-0.3, -0.25) is 9.59 Å². The van der Waals surface area contributed by atoms with Crippen LogP contribution in [0.15, 0.2) is 28.2 Å². The number of aryl methyl sites for hydroxylation is 2. The summed E-state index contributed by atoms with van der Waals surface area (Å²) in [5.41, 5.74) is 3.64. The number of carbonyl (C=O) groups excluding carboxylic acids is 1. The molecule has 5 nitrogen and oxygen atoms in total. The summed E-state index contributed by atoms with van der Waals surface area (Å²) in [6.45, 7) is 6.15. The summed E-state index contributed by atoms with van der Waals surface area (Å²) in [5.74, 6) is 1.15. The maximum absolute atomic E-state index is 12.8. The Kier molecular flexibility index (Phi) is 4.99. The van der Waals surface area contributed by atoms with E-state index >= 15 is 0 Å². The molecule has 2 aromatic rings. The molecule has 1 aromatic heterocycles. The lowest BCUT2D eigenvalue weighted by Crippen LogP contribution is -2.33. The number of rotatable bonds is 4. The summed E-state index contributed by atoms with van der Waals surface area (Å²) in [6.07, 6.45) is 1.27. The Morgan fingerprint density at radius 1 is 1.32 bits per heavy atom. The molecule has 1 amide bonds. The van der Waals surface area contributed by atoms with Gasteiger partial charge in [-0.15, -0.1) is 0 Å². The molecule has 0 saturated carbocycles. The van der Waals surface area contributed by atoms with E-state index < -0.39 is 0 Å². The molecule has 0 bridgehead atoms. The van der Waals surface area contributed by atoms with Crippen molar-refractivity contribution >= 4 is 23.5 Å². The number of hydrogen-bond donors (Lipinski definition) is 1. The summed E-state index contributed by atoms with van der Waals surface area (Å²) in [5, 5.41) is 3.53. The number of carbonyl (C=O) groups is 1. The highest BCUT2D eigenvalue weighted by atomic mass is 32.2. The highest BCUT2D eigenvalue weighted by Crippen LogP contribution is 2.37. The van der Waals surface area contributed by atoms with Gasteiger partial charge in [0.2, 0.25) is 5.91 Å². The van der Waals surface area contributed by atoms with E-state index in [4.69, 9.17) is 0 Å². The Morgan fingerprint density at radius 2 is 2.08 bits per heavy atom. The molecule has 0 unspecified atom stereocenters. The number of nitrogens with zero attached hydrogens (tertiary/aromatic N) is 2. The van der Waals surface area contributed by atoms with Gasteiger partial charge in [-0.1, -0.05) is 42.4 Å². The van der Waals surface area contributed by atoms with Crippen molar-refractivity contribution in [1.82, 2.24) is 9.55 Å². The number of amides is 1. The van der Waals surface area contributed by atoms with Gasteiger partial charge in [0.15, 0.2) is 5.16 Å². The Morgan fingerprint density at radius 3 is 2.76 bits per heavy atom. The highest BCUT2D eigenvalue weighted by molar-refractivity contribution is 7.99. The van der Waals surface area contributed by atoms with E-state index in [1.54, 1.807) is 0 Å². The van der Waals surface area contributed by atoms with E-state index in [-0.39, 0.29) is 23.8 Å². The molecule has 0 radical (unpaired) electrons. The summed E-state index contributed by atoms with van der Waals surface area (Å²) in [4.78, 5) is 29.4. The van der Waals surface area contributed by atoms with Crippen LogP contribution >= 0.6 is 11.8 Å². The summed E-state index contributed by atoms with van der Waals surface area (Å²) >= 11 is 1.54. The minimum absolute atomic E-state index is 0.0647. The first kappa shape index (κ1) is 17.7. The fourth-order valence-corrected chi connectivity index (χ4v) is 4.16. The predicted molar refractivity (Wildman–Crippen MR) is 101 cm³/mol. The monoisotopic (exact) mass is 357 g/mol. The van der Waals surface area contributed by atoms with E-state index in [2.05, 4.69) is 23.3 Å².